The molecule has 0 N–H and O–H groups in total. The molecule has 0 aromatic heterocycles. The van der Waals surface area contributed by atoms with Crippen molar-refractivity contribution >= 4 is 8.32 Å². The number of rotatable bonds is 5. The van der Waals surface area contributed by atoms with Gasteiger partial charge in [-0.05, 0) is 37.7 Å². The molecular formula is C13H20O2Si. The Morgan fingerprint density at radius 3 is 2.31 bits per heavy atom. The van der Waals surface area contributed by atoms with Crippen molar-refractivity contribution in [3.63, 3.8) is 0 Å². The molecule has 0 spiro atoms. The zero-order valence-electron chi connectivity index (χ0n) is 10.5. The highest BCUT2D eigenvalue weighted by atomic mass is 28.4. The minimum atomic E-state index is -1.57. The number of methoxy groups -OCH3 is 1. The van der Waals surface area contributed by atoms with Gasteiger partial charge in [0, 0.05) is 0 Å². The first-order chi connectivity index (χ1) is 7.51. The highest BCUT2D eigenvalue weighted by Crippen LogP contribution is 2.12. The Bertz CT molecular complexity index is 339. The highest BCUT2D eigenvalue weighted by molar-refractivity contribution is 6.69. The van der Waals surface area contributed by atoms with Crippen molar-refractivity contribution in [3.8, 4) is 0 Å². The van der Waals surface area contributed by atoms with E-state index in [0.29, 0.717) is 5.95 Å². The van der Waals surface area contributed by atoms with Crippen molar-refractivity contribution < 1.29 is 9.16 Å². The van der Waals surface area contributed by atoms with Crippen molar-refractivity contribution in [2.24, 2.45) is 0 Å². The van der Waals surface area contributed by atoms with Crippen LogP contribution in [-0.2, 0) is 15.6 Å². The quantitative estimate of drug-likeness (QED) is 0.575. The molecule has 0 saturated heterocycles. The normalized spacial score (nSPS) is 12.4. The third-order valence-corrected chi connectivity index (χ3v) is 2.77. The van der Waals surface area contributed by atoms with E-state index in [1.165, 1.54) is 5.56 Å². The molecule has 1 aromatic carbocycles. The SMILES string of the molecule is CO/C(=C\Cc1ccccc1)O[Si](C)(C)C. The maximum Gasteiger partial charge on any atom is 0.261 e. The van der Waals surface area contributed by atoms with E-state index in [4.69, 9.17) is 9.16 Å². The zero-order chi connectivity index (χ0) is 12.0. The minimum absolute atomic E-state index is 0.642. The first-order valence-electron chi connectivity index (χ1n) is 5.48. The molecule has 16 heavy (non-hydrogen) atoms. The fourth-order valence-electron chi connectivity index (χ4n) is 1.28. The lowest BCUT2D eigenvalue weighted by Crippen LogP contribution is -2.25. The van der Waals surface area contributed by atoms with Gasteiger partial charge in [0.05, 0.1) is 7.11 Å². The second-order valence-electron chi connectivity index (χ2n) is 4.63. The van der Waals surface area contributed by atoms with Crippen LogP contribution < -0.4 is 0 Å². The number of ether oxygens (including phenoxy) is 1. The van der Waals surface area contributed by atoms with E-state index in [-0.39, 0.29) is 0 Å². The molecule has 0 fully saturated rings. The zero-order valence-corrected chi connectivity index (χ0v) is 11.5. The predicted octanol–water partition coefficient (Wildman–Crippen LogP) is 3.57. The summed E-state index contributed by atoms with van der Waals surface area (Å²) in [5.41, 5.74) is 1.26. The van der Waals surface area contributed by atoms with Crippen molar-refractivity contribution in [1.82, 2.24) is 0 Å². The molecule has 0 radical (unpaired) electrons. The summed E-state index contributed by atoms with van der Waals surface area (Å²) in [6, 6.07) is 10.3. The number of hydrogen-bond donors (Lipinski definition) is 0. The molecular weight excluding hydrogens is 216 g/mol. The van der Waals surface area contributed by atoms with Gasteiger partial charge in [-0.1, -0.05) is 30.3 Å². The molecule has 0 aliphatic heterocycles. The van der Waals surface area contributed by atoms with Crippen LogP contribution in [0.3, 0.4) is 0 Å². The molecule has 3 heteroatoms. The van der Waals surface area contributed by atoms with Gasteiger partial charge in [0.1, 0.15) is 0 Å². The smallest absolute Gasteiger partial charge is 0.261 e. The van der Waals surface area contributed by atoms with Crippen LogP contribution in [0.2, 0.25) is 19.6 Å². The van der Waals surface area contributed by atoms with Gasteiger partial charge in [0.25, 0.3) is 5.95 Å². The maximum atomic E-state index is 5.79. The predicted molar refractivity (Wildman–Crippen MR) is 69.7 cm³/mol. The average molecular weight is 236 g/mol. The van der Waals surface area contributed by atoms with Crippen LogP contribution in [0, 0.1) is 0 Å². The highest BCUT2D eigenvalue weighted by Gasteiger charge is 2.17. The van der Waals surface area contributed by atoms with Gasteiger partial charge in [0.15, 0.2) is 0 Å². The van der Waals surface area contributed by atoms with Gasteiger partial charge in [-0.15, -0.1) is 0 Å². The van der Waals surface area contributed by atoms with Crippen molar-refractivity contribution in [1.29, 1.82) is 0 Å². The average Bonchev–Trinajstić information content (AvgIpc) is 2.24. The monoisotopic (exact) mass is 236 g/mol. The van der Waals surface area contributed by atoms with Crippen LogP contribution >= 0.6 is 0 Å². The van der Waals surface area contributed by atoms with Gasteiger partial charge in [-0.3, -0.25) is 0 Å². The van der Waals surface area contributed by atoms with Crippen molar-refractivity contribution in [2.75, 3.05) is 7.11 Å². The Labute approximate surface area is 99.0 Å². The Balaban J connectivity index is 2.60. The van der Waals surface area contributed by atoms with Crippen molar-refractivity contribution in [3.05, 3.63) is 47.9 Å². The van der Waals surface area contributed by atoms with Gasteiger partial charge in [-0.2, -0.15) is 0 Å². The fourth-order valence-corrected chi connectivity index (χ4v) is 2.05. The molecule has 0 amide bonds. The number of allylic oxidation sites excluding steroid dienone is 1. The maximum absolute atomic E-state index is 5.79. The minimum Gasteiger partial charge on any atom is -0.520 e. The van der Waals surface area contributed by atoms with Crippen LogP contribution in [0.1, 0.15) is 5.56 Å². The molecule has 0 aliphatic carbocycles. The lowest BCUT2D eigenvalue weighted by Gasteiger charge is -2.20. The van der Waals surface area contributed by atoms with E-state index >= 15 is 0 Å². The van der Waals surface area contributed by atoms with Gasteiger partial charge < -0.3 is 9.16 Å². The molecule has 0 atom stereocenters. The van der Waals surface area contributed by atoms with E-state index in [9.17, 15) is 0 Å². The third-order valence-electron chi connectivity index (χ3n) is 1.96. The Morgan fingerprint density at radius 1 is 1.19 bits per heavy atom. The summed E-state index contributed by atoms with van der Waals surface area (Å²) in [4.78, 5) is 0. The summed E-state index contributed by atoms with van der Waals surface area (Å²) < 4.78 is 11.0. The van der Waals surface area contributed by atoms with Crippen LogP contribution in [0.4, 0.5) is 0 Å². The lowest BCUT2D eigenvalue weighted by molar-refractivity contribution is 0.146. The second kappa shape index (κ2) is 5.75. The molecule has 2 nitrogen and oxygen atoms in total. The number of benzene rings is 1. The number of hydrogen-bond acceptors (Lipinski definition) is 2. The summed E-state index contributed by atoms with van der Waals surface area (Å²) in [6.07, 6.45) is 2.84. The summed E-state index contributed by atoms with van der Waals surface area (Å²) in [5, 5.41) is 0. The topological polar surface area (TPSA) is 18.5 Å². The molecule has 0 unspecified atom stereocenters. The molecule has 0 heterocycles. The van der Waals surface area contributed by atoms with Crippen LogP contribution in [0.15, 0.2) is 42.4 Å². The van der Waals surface area contributed by atoms with E-state index in [1.54, 1.807) is 7.11 Å². The van der Waals surface area contributed by atoms with E-state index in [2.05, 4.69) is 31.8 Å². The molecule has 1 rings (SSSR count). The first-order valence-corrected chi connectivity index (χ1v) is 8.89. The molecule has 88 valence electrons. The Morgan fingerprint density at radius 2 is 1.81 bits per heavy atom. The Kier molecular flexibility index (Phi) is 4.62. The molecule has 1 aromatic rings. The van der Waals surface area contributed by atoms with Gasteiger partial charge >= 0.3 is 0 Å². The lowest BCUT2D eigenvalue weighted by atomic mass is 10.1. The van der Waals surface area contributed by atoms with Crippen molar-refractivity contribution in [2.45, 2.75) is 26.1 Å². The van der Waals surface area contributed by atoms with Crippen LogP contribution in [-0.4, -0.2) is 15.4 Å². The summed E-state index contributed by atoms with van der Waals surface area (Å²) in [7, 11) is 0.0770. The standard InChI is InChI=1S/C13H20O2Si/c1-14-13(15-16(2,3)4)11-10-12-8-6-5-7-9-12/h5-9,11H,10H2,1-4H3/b13-11+. The van der Waals surface area contributed by atoms with E-state index in [1.807, 2.05) is 24.3 Å². The second-order valence-corrected chi connectivity index (χ2v) is 9.06. The van der Waals surface area contributed by atoms with Gasteiger partial charge in [-0.25, -0.2) is 0 Å². The molecule has 0 saturated carbocycles. The first kappa shape index (κ1) is 12.8. The summed E-state index contributed by atoms with van der Waals surface area (Å²) in [6.45, 7) is 6.42. The summed E-state index contributed by atoms with van der Waals surface area (Å²) in [5.74, 6) is 0.642. The van der Waals surface area contributed by atoms with E-state index in [0.717, 1.165) is 6.42 Å². The van der Waals surface area contributed by atoms with Crippen LogP contribution in [0.5, 0.6) is 0 Å². The summed E-state index contributed by atoms with van der Waals surface area (Å²) >= 11 is 0. The molecule has 0 bridgehead atoms. The Hall–Kier alpha value is -1.22. The largest absolute Gasteiger partial charge is 0.520 e. The van der Waals surface area contributed by atoms with E-state index < -0.39 is 8.32 Å². The van der Waals surface area contributed by atoms with Crippen LogP contribution in [0.25, 0.3) is 0 Å². The fraction of sp³-hybridized carbons (Fsp3) is 0.385. The van der Waals surface area contributed by atoms with Gasteiger partial charge in [0.2, 0.25) is 8.32 Å². The molecule has 0 aliphatic rings. The third kappa shape index (κ3) is 5.03.